The van der Waals surface area contributed by atoms with E-state index in [1.807, 2.05) is 13.8 Å². The Morgan fingerprint density at radius 1 is 1.30 bits per heavy atom. The van der Waals surface area contributed by atoms with Crippen molar-refractivity contribution >= 4 is 5.97 Å². The highest BCUT2D eigenvalue weighted by atomic mass is 16.5. The number of esters is 1. The van der Waals surface area contributed by atoms with Crippen LogP contribution in [0.3, 0.4) is 0 Å². The van der Waals surface area contributed by atoms with Gasteiger partial charge in [0.05, 0.1) is 6.61 Å². The van der Waals surface area contributed by atoms with Gasteiger partial charge in [0.15, 0.2) is 0 Å². The normalized spacial score (nSPS) is 29.1. The van der Waals surface area contributed by atoms with Crippen molar-refractivity contribution in [3.63, 3.8) is 0 Å². The summed E-state index contributed by atoms with van der Waals surface area (Å²) in [5, 5.41) is 3.26. The van der Waals surface area contributed by atoms with Gasteiger partial charge in [-0.15, -0.1) is 0 Å². The summed E-state index contributed by atoms with van der Waals surface area (Å²) < 4.78 is 5.17. The summed E-state index contributed by atoms with van der Waals surface area (Å²) in [6.45, 7) is 8.08. The average Bonchev–Trinajstić information content (AvgIpc) is 2.66. The SMILES string of the molecule is CCNC(CN1CCC2CCC(C1)N2C)C(=O)OCC. The van der Waals surface area contributed by atoms with Crippen molar-refractivity contribution in [2.75, 3.05) is 39.8 Å². The van der Waals surface area contributed by atoms with Crippen LogP contribution in [0.4, 0.5) is 0 Å². The highest BCUT2D eigenvalue weighted by Gasteiger charge is 2.35. The zero-order valence-corrected chi connectivity index (χ0v) is 13.1. The van der Waals surface area contributed by atoms with Crippen molar-refractivity contribution in [2.24, 2.45) is 0 Å². The van der Waals surface area contributed by atoms with Crippen molar-refractivity contribution < 1.29 is 9.53 Å². The number of likely N-dealkylation sites (N-methyl/N-ethyl adjacent to an activating group) is 2. The van der Waals surface area contributed by atoms with E-state index < -0.39 is 0 Å². The molecule has 2 fully saturated rings. The molecule has 2 aliphatic rings. The number of nitrogens with one attached hydrogen (secondary N) is 1. The second kappa shape index (κ2) is 7.38. The molecule has 0 spiro atoms. The minimum absolute atomic E-state index is 0.114. The highest BCUT2D eigenvalue weighted by Crippen LogP contribution is 2.28. The average molecular weight is 283 g/mol. The first-order valence-corrected chi connectivity index (χ1v) is 8.00. The fraction of sp³-hybridized carbons (Fsp3) is 0.933. The van der Waals surface area contributed by atoms with Gasteiger partial charge in [0.25, 0.3) is 0 Å². The summed E-state index contributed by atoms with van der Waals surface area (Å²) in [5.74, 6) is -0.114. The topological polar surface area (TPSA) is 44.8 Å². The van der Waals surface area contributed by atoms with E-state index in [0.29, 0.717) is 12.6 Å². The lowest BCUT2D eigenvalue weighted by Gasteiger charge is -2.28. The Morgan fingerprint density at radius 3 is 2.75 bits per heavy atom. The molecular weight excluding hydrogens is 254 g/mol. The van der Waals surface area contributed by atoms with Gasteiger partial charge in [-0.2, -0.15) is 0 Å². The standard InChI is InChI=1S/C15H29N3O2/c1-4-16-14(15(19)20-5-2)11-18-9-8-12-6-7-13(10-18)17(12)3/h12-14,16H,4-11H2,1-3H3. The van der Waals surface area contributed by atoms with Gasteiger partial charge >= 0.3 is 5.97 Å². The Morgan fingerprint density at radius 2 is 2.05 bits per heavy atom. The van der Waals surface area contributed by atoms with Crippen LogP contribution in [-0.2, 0) is 9.53 Å². The molecule has 5 heteroatoms. The maximum atomic E-state index is 12.0. The molecule has 2 bridgehead atoms. The van der Waals surface area contributed by atoms with Crippen LogP contribution in [0.2, 0.25) is 0 Å². The van der Waals surface area contributed by atoms with E-state index in [1.54, 1.807) is 0 Å². The molecule has 0 radical (unpaired) electrons. The van der Waals surface area contributed by atoms with E-state index in [2.05, 4.69) is 22.2 Å². The van der Waals surface area contributed by atoms with Crippen LogP contribution in [0.1, 0.15) is 33.1 Å². The van der Waals surface area contributed by atoms with E-state index in [0.717, 1.165) is 32.2 Å². The second-order valence-electron chi connectivity index (χ2n) is 5.96. The lowest BCUT2D eigenvalue weighted by atomic mass is 10.1. The molecule has 0 aromatic heterocycles. The van der Waals surface area contributed by atoms with Crippen molar-refractivity contribution in [1.82, 2.24) is 15.1 Å². The van der Waals surface area contributed by atoms with Gasteiger partial charge in [-0.1, -0.05) is 6.92 Å². The molecule has 0 aliphatic carbocycles. The Hall–Kier alpha value is -0.650. The fourth-order valence-electron chi connectivity index (χ4n) is 3.51. The first-order chi connectivity index (χ1) is 9.65. The molecule has 5 nitrogen and oxygen atoms in total. The van der Waals surface area contributed by atoms with Crippen LogP contribution in [-0.4, -0.2) is 73.7 Å². The second-order valence-corrected chi connectivity index (χ2v) is 5.96. The first-order valence-electron chi connectivity index (χ1n) is 8.00. The number of fused-ring (bicyclic) bond motifs is 2. The van der Waals surface area contributed by atoms with Crippen molar-refractivity contribution in [1.29, 1.82) is 0 Å². The van der Waals surface area contributed by atoms with E-state index in [1.165, 1.54) is 19.3 Å². The number of rotatable bonds is 6. The van der Waals surface area contributed by atoms with E-state index in [4.69, 9.17) is 4.74 Å². The lowest BCUT2D eigenvalue weighted by molar-refractivity contribution is -0.146. The van der Waals surface area contributed by atoms with Crippen molar-refractivity contribution in [3.05, 3.63) is 0 Å². The molecule has 2 aliphatic heterocycles. The molecule has 2 rings (SSSR count). The third-order valence-corrected chi connectivity index (χ3v) is 4.69. The molecule has 0 amide bonds. The predicted molar refractivity (Wildman–Crippen MR) is 79.7 cm³/mol. The van der Waals surface area contributed by atoms with Crippen LogP contribution in [0.5, 0.6) is 0 Å². The van der Waals surface area contributed by atoms with Crippen LogP contribution in [0.25, 0.3) is 0 Å². The van der Waals surface area contributed by atoms with Gasteiger partial charge in [-0.25, -0.2) is 0 Å². The third kappa shape index (κ3) is 3.71. The van der Waals surface area contributed by atoms with E-state index >= 15 is 0 Å². The van der Waals surface area contributed by atoms with Gasteiger partial charge in [-0.05, 0) is 46.3 Å². The highest BCUT2D eigenvalue weighted by molar-refractivity contribution is 5.76. The molecule has 2 saturated heterocycles. The zero-order chi connectivity index (χ0) is 14.5. The number of likely N-dealkylation sites (tertiary alicyclic amines) is 1. The Labute approximate surface area is 122 Å². The van der Waals surface area contributed by atoms with Gasteiger partial charge < -0.3 is 10.1 Å². The molecule has 20 heavy (non-hydrogen) atoms. The number of hydrogen-bond acceptors (Lipinski definition) is 5. The maximum absolute atomic E-state index is 12.0. The summed E-state index contributed by atoms with van der Waals surface area (Å²) in [7, 11) is 2.25. The summed E-state index contributed by atoms with van der Waals surface area (Å²) in [5.41, 5.74) is 0. The van der Waals surface area contributed by atoms with Gasteiger partial charge in [0.2, 0.25) is 0 Å². The monoisotopic (exact) mass is 283 g/mol. The number of carbonyl (C=O) groups excluding carboxylic acids is 1. The minimum Gasteiger partial charge on any atom is -0.465 e. The summed E-state index contributed by atoms with van der Waals surface area (Å²) in [4.78, 5) is 17.0. The quantitative estimate of drug-likeness (QED) is 0.727. The van der Waals surface area contributed by atoms with E-state index in [9.17, 15) is 4.79 Å². The van der Waals surface area contributed by atoms with Crippen LogP contribution in [0.15, 0.2) is 0 Å². The largest absolute Gasteiger partial charge is 0.465 e. The third-order valence-electron chi connectivity index (χ3n) is 4.69. The van der Waals surface area contributed by atoms with Gasteiger partial charge in [0, 0.05) is 25.2 Å². The molecule has 0 saturated carbocycles. The molecular formula is C15H29N3O2. The summed E-state index contributed by atoms with van der Waals surface area (Å²) in [6.07, 6.45) is 3.85. The predicted octanol–water partition coefficient (Wildman–Crippen LogP) is 0.696. The first kappa shape index (κ1) is 15.7. The lowest BCUT2D eigenvalue weighted by Crippen LogP contribution is -2.48. The van der Waals surface area contributed by atoms with Gasteiger partial charge in [-0.3, -0.25) is 14.6 Å². The molecule has 0 aromatic carbocycles. The van der Waals surface area contributed by atoms with Crippen molar-refractivity contribution in [2.45, 2.75) is 51.2 Å². The number of ether oxygens (including phenoxy) is 1. The van der Waals surface area contributed by atoms with Crippen LogP contribution in [0, 0.1) is 0 Å². The van der Waals surface area contributed by atoms with Crippen molar-refractivity contribution in [3.8, 4) is 0 Å². The number of hydrogen-bond donors (Lipinski definition) is 1. The summed E-state index contributed by atoms with van der Waals surface area (Å²) in [6, 6.07) is 1.21. The van der Waals surface area contributed by atoms with Gasteiger partial charge in [0.1, 0.15) is 6.04 Å². The smallest absolute Gasteiger partial charge is 0.324 e. The van der Waals surface area contributed by atoms with E-state index in [-0.39, 0.29) is 12.0 Å². The Balaban J connectivity index is 1.91. The fourth-order valence-corrected chi connectivity index (χ4v) is 3.51. The summed E-state index contributed by atoms with van der Waals surface area (Å²) >= 11 is 0. The van der Waals surface area contributed by atoms with Crippen LogP contribution < -0.4 is 5.32 Å². The number of carbonyl (C=O) groups is 1. The molecule has 3 unspecified atom stereocenters. The maximum Gasteiger partial charge on any atom is 0.324 e. The van der Waals surface area contributed by atoms with Crippen LogP contribution >= 0.6 is 0 Å². The Kier molecular flexibility index (Phi) is 5.81. The molecule has 1 N–H and O–H groups in total. The Bertz CT molecular complexity index is 324. The molecule has 3 atom stereocenters. The molecule has 116 valence electrons. The zero-order valence-electron chi connectivity index (χ0n) is 13.1. The number of nitrogens with zero attached hydrogens (tertiary/aromatic N) is 2. The minimum atomic E-state index is -0.193. The molecule has 0 aromatic rings. The molecule has 2 heterocycles.